The average molecular weight is 416 g/mol. The van der Waals surface area contributed by atoms with Gasteiger partial charge < -0.3 is 10.1 Å². The quantitative estimate of drug-likeness (QED) is 0.739. The summed E-state index contributed by atoms with van der Waals surface area (Å²) in [5.74, 6) is -1.45. The first-order valence-corrected chi connectivity index (χ1v) is 7.91. The Morgan fingerprint density at radius 2 is 1.80 bits per heavy atom. The van der Waals surface area contributed by atoms with Crippen LogP contribution in [0.15, 0.2) is 53.0 Å². The predicted octanol–water partition coefficient (Wildman–Crippen LogP) is 4.65. The van der Waals surface area contributed by atoms with E-state index in [1.54, 1.807) is 12.1 Å². The van der Waals surface area contributed by atoms with Crippen LogP contribution in [0, 0.1) is 0 Å². The van der Waals surface area contributed by atoms with Gasteiger partial charge in [-0.05, 0) is 43.3 Å². The number of alkyl halides is 3. The number of rotatable bonds is 4. The zero-order chi connectivity index (χ0) is 18.6. The summed E-state index contributed by atoms with van der Waals surface area (Å²) >= 11 is 3.21. The number of esters is 1. The third-order valence-electron chi connectivity index (χ3n) is 3.17. The number of carbonyl (C=O) groups excluding carboxylic acids is 2. The van der Waals surface area contributed by atoms with Crippen molar-refractivity contribution >= 4 is 33.5 Å². The first-order valence-electron chi connectivity index (χ1n) is 7.11. The maximum absolute atomic E-state index is 12.7. The Morgan fingerprint density at radius 3 is 2.44 bits per heavy atom. The number of halogens is 4. The Balaban J connectivity index is 2.02. The van der Waals surface area contributed by atoms with Crippen molar-refractivity contribution in [3.63, 3.8) is 0 Å². The molecule has 4 nitrogen and oxygen atoms in total. The molecule has 0 heterocycles. The molecule has 0 aromatic heterocycles. The van der Waals surface area contributed by atoms with E-state index in [1.165, 1.54) is 31.2 Å². The van der Waals surface area contributed by atoms with E-state index in [1.807, 2.05) is 0 Å². The van der Waals surface area contributed by atoms with Gasteiger partial charge in [-0.2, -0.15) is 13.2 Å². The maximum atomic E-state index is 12.7. The van der Waals surface area contributed by atoms with Crippen molar-refractivity contribution in [2.45, 2.75) is 19.2 Å². The molecule has 0 unspecified atom stereocenters. The van der Waals surface area contributed by atoms with E-state index in [-0.39, 0.29) is 11.3 Å². The highest BCUT2D eigenvalue weighted by Crippen LogP contribution is 2.30. The minimum atomic E-state index is -4.51. The van der Waals surface area contributed by atoms with Gasteiger partial charge in [-0.1, -0.05) is 28.1 Å². The fourth-order valence-corrected chi connectivity index (χ4v) is 2.31. The van der Waals surface area contributed by atoms with Crippen LogP contribution >= 0.6 is 15.9 Å². The van der Waals surface area contributed by atoms with Gasteiger partial charge in [0.2, 0.25) is 0 Å². The van der Waals surface area contributed by atoms with Gasteiger partial charge in [-0.25, -0.2) is 4.79 Å². The van der Waals surface area contributed by atoms with E-state index >= 15 is 0 Å². The second kappa shape index (κ2) is 7.69. The number of hydrogen-bond donors (Lipinski definition) is 1. The Kier molecular flexibility index (Phi) is 5.84. The number of amides is 1. The fourth-order valence-electron chi connectivity index (χ4n) is 1.91. The topological polar surface area (TPSA) is 55.4 Å². The van der Waals surface area contributed by atoms with Gasteiger partial charge in [0.05, 0.1) is 11.1 Å². The summed E-state index contributed by atoms with van der Waals surface area (Å²) in [7, 11) is 0. The van der Waals surface area contributed by atoms with Crippen LogP contribution in [0.5, 0.6) is 0 Å². The van der Waals surface area contributed by atoms with Crippen LogP contribution in [0.2, 0.25) is 0 Å². The molecule has 25 heavy (non-hydrogen) atoms. The van der Waals surface area contributed by atoms with Crippen LogP contribution in [0.1, 0.15) is 22.8 Å². The van der Waals surface area contributed by atoms with E-state index in [2.05, 4.69) is 21.2 Å². The molecule has 2 rings (SSSR count). The number of ether oxygens (including phenoxy) is 1. The van der Waals surface area contributed by atoms with Gasteiger partial charge in [0, 0.05) is 10.2 Å². The number of hydrogen-bond acceptors (Lipinski definition) is 3. The molecular formula is C17H13BrF3NO3. The lowest BCUT2D eigenvalue weighted by molar-refractivity contribution is -0.137. The van der Waals surface area contributed by atoms with Crippen molar-refractivity contribution in [3.8, 4) is 0 Å². The summed E-state index contributed by atoms with van der Waals surface area (Å²) in [6.07, 6.45) is -5.69. The summed E-state index contributed by atoms with van der Waals surface area (Å²) in [5, 5.41) is 2.30. The van der Waals surface area contributed by atoms with Crippen LogP contribution < -0.4 is 5.32 Å². The van der Waals surface area contributed by atoms with Crippen LogP contribution in [-0.2, 0) is 15.7 Å². The third kappa shape index (κ3) is 5.32. The van der Waals surface area contributed by atoms with Gasteiger partial charge in [-0.3, -0.25) is 4.79 Å². The smallest absolute Gasteiger partial charge is 0.416 e. The largest absolute Gasteiger partial charge is 0.449 e. The number of benzene rings is 2. The first-order chi connectivity index (χ1) is 11.7. The van der Waals surface area contributed by atoms with Crippen LogP contribution in [-0.4, -0.2) is 18.0 Å². The molecule has 2 aromatic rings. The highest BCUT2D eigenvalue weighted by molar-refractivity contribution is 9.10. The summed E-state index contributed by atoms with van der Waals surface area (Å²) in [4.78, 5) is 24.0. The summed E-state index contributed by atoms with van der Waals surface area (Å²) in [6, 6.07) is 10.6. The highest BCUT2D eigenvalue weighted by Gasteiger charge is 2.30. The Labute approximate surface area is 150 Å². The molecule has 0 spiro atoms. The third-order valence-corrected chi connectivity index (χ3v) is 3.66. The van der Waals surface area contributed by atoms with Crippen molar-refractivity contribution in [1.82, 2.24) is 0 Å². The van der Waals surface area contributed by atoms with E-state index < -0.39 is 29.7 Å². The molecule has 0 radical (unpaired) electrons. The molecule has 8 heteroatoms. The van der Waals surface area contributed by atoms with E-state index in [0.29, 0.717) is 4.47 Å². The van der Waals surface area contributed by atoms with Gasteiger partial charge in [-0.15, -0.1) is 0 Å². The number of nitrogens with one attached hydrogen (secondary N) is 1. The average Bonchev–Trinajstić information content (AvgIpc) is 2.54. The minimum Gasteiger partial charge on any atom is -0.449 e. The van der Waals surface area contributed by atoms with Crippen LogP contribution in [0.4, 0.5) is 18.9 Å². The molecule has 0 fully saturated rings. The van der Waals surface area contributed by atoms with Gasteiger partial charge >= 0.3 is 12.1 Å². The second-order valence-electron chi connectivity index (χ2n) is 5.13. The van der Waals surface area contributed by atoms with Crippen molar-refractivity contribution < 1.29 is 27.5 Å². The van der Waals surface area contributed by atoms with Crippen LogP contribution in [0.25, 0.3) is 0 Å². The maximum Gasteiger partial charge on any atom is 0.416 e. The predicted molar refractivity (Wildman–Crippen MR) is 89.1 cm³/mol. The Bertz CT molecular complexity index is 793. The molecular weight excluding hydrogens is 403 g/mol. The highest BCUT2D eigenvalue weighted by atomic mass is 79.9. The molecule has 132 valence electrons. The molecule has 0 aliphatic heterocycles. The van der Waals surface area contributed by atoms with Gasteiger partial charge in [0.25, 0.3) is 5.91 Å². The van der Waals surface area contributed by atoms with E-state index in [9.17, 15) is 22.8 Å². The molecule has 2 aromatic carbocycles. The number of anilines is 1. The Morgan fingerprint density at radius 1 is 1.12 bits per heavy atom. The molecule has 0 bridgehead atoms. The minimum absolute atomic E-state index is 0.0369. The molecule has 1 amide bonds. The Hall–Kier alpha value is -2.35. The first kappa shape index (κ1) is 19.0. The lowest BCUT2D eigenvalue weighted by atomic mass is 10.2. The molecule has 0 aliphatic carbocycles. The SMILES string of the molecule is C[C@H](OC(=O)c1cccc(Br)c1)C(=O)Nc1cccc(C(F)(F)F)c1. The van der Waals surface area contributed by atoms with Crippen molar-refractivity contribution in [1.29, 1.82) is 0 Å². The molecule has 0 saturated carbocycles. The lowest BCUT2D eigenvalue weighted by Crippen LogP contribution is -2.30. The summed E-state index contributed by atoms with van der Waals surface area (Å²) in [6.45, 7) is 1.33. The molecule has 0 saturated heterocycles. The lowest BCUT2D eigenvalue weighted by Gasteiger charge is -2.14. The monoisotopic (exact) mass is 415 g/mol. The zero-order valence-corrected chi connectivity index (χ0v) is 14.5. The summed E-state index contributed by atoms with van der Waals surface area (Å²) in [5.41, 5.74) is -0.678. The van der Waals surface area contributed by atoms with E-state index in [0.717, 1.165) is 12.1 Å². The van der Waals surface area contributed by atoms with Crippen molar-refractivity contribution in [2.75, 3.05) is 5.32 Å². The standard InChI is InChI=1S/C17H13BrF3NO3/c1-10(25-16(24)11-4-2-6-13(18)8-11)15(23)22-14-7-3-5-12(9-14)17(19,20)21/h2-10H,1H3,(H,22,23)/t10-/m0/s1. The fraction of sp³-hybridized carbons (Fsp3) is 0.176. The molecule has 1 N–H and O–H groups in total. The molecule has 1 atom stereocenters. The van der Waals surface area contributed by atoms with Gasteiger partial charge in [0.1, 0.15) is 0 Å². The van der Waals surface area contributed by atoms with Crippen molar-refractivity contribution in [3.05, 3.63) is 64.1 Å². The second-order valence-corrected chi connectivity index (χ2v) is 6.04. The van der Waals surface area contributed by atoms with Crippen molar-refractivity contribution in [2.24, 2.45) is 0 Å². The van der Waals surface area contributed by atoms with Crippen LogP contribution in [0.3, 0.4) is 0 Å². The summed E-state index contributed by atoms with van der Waals surface area (Å²) < 4.78 is 43.7. The van der Waals surface area contributed by atoms with E-state index in [4.69, 9.17) is 4.74 Å². The zero-order valence-electron chi connectivity index (χ0n) is 12.9. The number of carbonyl (C=O) groups is 2. The van der Waals surface area contributed by atoms with Gasteiger partial charge in [0.15, 0.2) is 6.10 Å². The normalized spacial score (nSPS) is 12.4. The molecule has 0 aliphatic rings.